The number of likely N-dealkylation sites (N-methyl/N-ethyl adjacent to an activating group) is 1. The number of halogens is 2. The lowest BCUT2D eigenvalue weighted by Gasteiger charge is -2.17. The summed E-state index contributed by atoms with van der Waals surface area (Å²) in [5, 5.41) is 0.0983. The summed E-state index contributed by atoms with van der Waals surface area (Å²) in [4.78, 5) is 38.0. The minimum Gasteiger partial charge on any atom is -0.343 e. The second kappa shape index (κ2) is 7.86. The van der Waals surface area contributed by atoms with Crippen molar-refractivity contribution in [2.24, 2.45) is 0 Å². The van der Waals surface area contributed by atoms with Crippen molar-refractivity contribution < 1.29 is 8.78 Å². The van der Waals surface area contributed by atoms with Crippen molar-refractivity contribution in [3.8, 4) is 5.69 Å². The molecule has 0 amide bonds. The largest absolute Gasteiger partial charge is 0.343 e. The molecular weight excluding hydrogens is 392 g/mol. The number of H-pyrrole nitrogens is 1. The maximum absolute atomic E-state index is 13.5. The summed E-state index contributed by atoms with van der Waals surface area (Å²) in [5.41, 5.74) is -0.354. The molecule has 0 saturated carbocycles. The highest BCUT2D eigenvalue weighted by Gasteiger charge is 2.14. The predicted molar refractivity (Wildman–Crippen MR) is 109 cm³/mol. The third kappa shape index (κ3) is 3.82. The highest BCUT2D eigenvalue weighted by molar-refractivity contribution is 5.73. The number of hydrogen-bond acceptors (Lipinski definition) is 5. The van der Waals surface area contributed by atoms with Gasteiger partial charge in [0.15, 0.2) is 5.65 Å². The maximum atomic E-state index is 13.5. The molecule has 1 N–H and O–H groups in total. The molecular formula is C21H17F2N5O2. The number of aromatic nitrogens is 4. The number of benzene rings is 2. The molecule has 0 saturated heterocycles. The Hall–Kier alpha value is -3.88. The van der Waals surface area contributed by atoms with Gasteiger partial charge < -0.3 is 4.90 Å². The van der Waals surface area contributed by atoms with Crippen LogP contribution in [0.4, 0.5) is 14.7 Å². The van der Waals surface area contributed by atoms with E-state index >= 15 is 0 Å². The van der Waals surface area contributed by atoms with Gasteiger partial charge in [-0.05, 0) is 42.3 Å². The smallest absolute Gasteiger partial charge is 0.334 e. The van der Waals surface area contributed by atoms with E-state index in [0.717, 1.165) is 16.2 Å². The van der Waals surface area contributed by atoms with Gasteiger partial charge in [0.1, 0.15) is 17.0 Å². The quantitative estimate of drug-likeness (QED) is 0.547. The normalized spacial score (nSPS) is 11.0. The summed E-state index contributed by atoms with van der Waals surface area (Å²) in [7, 11) is 1.76. The van der Waals surface area contributed by atoms with Crippen LogP contribution in [0.2, 0.25) is 0 Å². The van der Waals surface area contributed by atoms with Gasteiger partial charge in [-0.2, -0.15) is 4.98 Å². The van der Waals surface area contributed by atoms with Crippen LogP contribution in [0.5, 0.6) is 0 Å². The number of aromatic amines is 1. The Balaban J connectivity index is 1.65. The Morgan fingerprint density at radius 2 is 1.80 bits per heavy atom. The number of anilines is 1. The molecule has 2 aromatic carbocycles. The van der Waals surface area contributed by atoms with E-state index in [-0.39, 0.29) is 22.5 Å². The average molecular weight is 409 g/mol. The zero-order valence-corrected chi connectivity index (χ0v) is 16.0. The number of nitrogens with one attached hydrogen (secondary N) is 1. The Morgan fingerprint density at radius 3 is 2.53 bits per heavy atom. The maximum Gasteiger partial charge on any atom is 0.334 e. The van der Waals surface area contributed by atoms with E-state index in [1.807, 2.05) is 6.07 Å². The van der Waals surface area contributed by atoms with Crippen LogP contribution in [-0.2, 0) is 6.42 Å². The van der Waals surface area contributed by atoms with E-state index in [2.05, 4.69) is 15.0 Å². The molecule has 9 heteroatoms. The summed E-state index contributed by atoms with van der Waals surface area (Å²) >= 11 is 0. The molecule has 2 heterocycles. The van der Waals surface area contributed by atoms with Crippen LogP contribution in [0, 0.1) is 11.6 Å². The molecule has 0 fully saturated rings. The van der Waals surface area contributed by atoms with Crippen LogP contribution in [0.25, 0.3) is 16.7 Å². The Labute approximate surface area is 169 Å². The molecule has 0 bridgehead atoms. The van der Waals surface area contributed by atoms with Gasteiger partial charge in [0, 0.05) is 19.8 Å². The number of fused-ring (bicyclic) bond motifs is 1. The number of rotatable bonds is 5. The van der Waals surface area contributed by atoms with Crippen LogP contribution in [0.3, 0.4) is 0 Å². The molecule has 0 unspecified atom stereocenters. The van der Waals surface area contributed by atoms with Crippen molar-refractivity contribution in [1.29, 1.82) is 0 Å². The van der Waals surface area contributed by atoms with Crippen LogP contribution < -0.4 is 16.1 Å². The fraction of sp³-hybridized carbons (Fsp3) is 0.143. The lowest BCUT2D eigenvalue weighted by atomic mass is 10.1. The Morgan fingerprint density at radius 1 is 1.07 bits per heavy atom. The first-order valence-electron chi connectivity index (χ1n) is 9.16. The van der Waals surface area contributed by atoms with Crippen LogP contribution >= 0.6 is 0 Å². The van der Waals surface area contributed by atoms with Crippen LogP contribution in [0.1, 0.15) is 5.56 Å². The Bertz CT molecular complexity index is 1350. The molecule has 2 aromatic heterocycles. The van der Waals surface area contributed by atoms with E-state index in [9.17, 15) is 18.4 Å². The standard InChI is InChI=1S/C21H17F2N5O2/c1-27(9-8-13-4-2-5-14(22)10-13)20-24-12-17-18(25-20)26-21(30)28(19(17)29)16-7-3-6-15(23)11-16/h2-7,10-12H,8-9H2,1H3,(H,24,25,26,30). The monoisotopic (exact) mass is 409 g/mol. The van der Waals surface area contributed by atoms with Crippen molar-refractivity contribution in [2.75, 3.05) is 18.5 Å². The minimum atomic E-state index is -0.731. The van der Waals surface area contributed by atoms with Gasteiger partial charge in [0.05, 0.1) is 5.69 Å². The summed E-state index contributed by atoms with van der Waals surface area (Å²) in [6.45, 7) is 0.500. The zero-order chi connectivity index (χ0) is 21.3. The summed E-state index contributed by atoms with van der Waals surface area (Å²) in [5.74, 6) is -0.563. The van der Waals surface area contributed by atoms with Gasteiger partial charge in [0.25, 0.3) is 5.56 Å². The first-order valence-corrected chi connectivity index (χ1v) is 9.16. The fourth-order valence-electron chi connectivity index (χ4n) is 3.12. The van der Waals surface area contributed by atoms with Gasteiger partial charge in [-0.1, -0.05) is 18.2 Å². The molecule has 0 spiro atoms. The molecule has 4 rings (SSSR count). The number of nitrogens with zero attached hydrogens (tertiary/aromatic N) is 4. The number of hydrogen-bond donors (Lipinski definition) is 1. The lowest BCUT2D eigenvalue weighted by molar-refractivity contribution is 0.625. The SMILES string of the molecule is CN(CCc1cccc(F)c1)c1ncc2c(=O)n(-c3cccc(F)c3)c(=O)[nH]c2n1. The summed E-state index contributed by atoms with van der Waals surface area (Å²) in [6.07, 6.45) is 1.89. The van der Waals surface area contributed by atoms with Crippen molar-refractivity contribution in [1.82, 2.24) is 19.5 Å². The van der Waals surface area contributed by atoms with Crippen molar-refractivity contribution in [3.63, 3.8) is 0 Å². The highest BCUT2D eigenvalue weighted by atomic mass is 19.1. The molecule has 0 aliphatic rings. The highest BCUT2D eigenvalue weighted by Crippen LogP contribution is 2.12. The summed E-state index contributed by atoms with van der Waals surface area (Å²) < 4.78 is 27.7. The van der Waals surface area contributed by atoms with Gasteiger partial charge >= 0.3 is 5.69 Å². The first kappa shape index (κ1) is 19.4. The van der Waals surface area contributed by atoms with Crippen LogP contribution in [-0.4, -0.2) is 33.1 Å². The molecule has 152 valence electrons. The second-order valence-corrected chi connectivity index (χ2v) is 6.78. The molecule has 30 heavy (non-hydrogen) atoms. The van der Waals surface area contributed by atoms with Crippen molar-refractivity contribution in [3.05, 3.63) is 92.8 Å². The molecule has 7 nitrogen and oxygen atoms in total. The van der Waals surface area contributed by atoms with Gasteiger partial charge in [-0.25, -0.2) is 23.1 Å². The van der Waals surface area contributed by atoms with E-state index in [1.54, 1.807) is 18.0 Å². The molecule has 0 aliphatic carbocycles. The van der Waals surface area contributed by atoms with Crippen molar-refractivity contribution >= 4 is 17.0 Å². The molecule has 0 radical (unpaired) electrons. The molecule has 4 aromatic rings. The Kier molecular flexibility index (Phi) is 5.09. The van der Waals surface area contributed by atoms with Gasteiger partial charge in [-0.15, -0.1) is 0 Å². The van der Waals surface area contributed by atoms with E-state index in [1.165, 1.54) is 36.5 Å². The molecule has 0 atom stereocenters. The predicted octanol–water partition coefficient (Wildman–Crippen LogP) is 2.43. The topological polar surface area (TPSA) is 83.9 Å². The van der Waals surface area contributed by atoms with E-state index in [4.69, 9.17) is 0 Å². The average Bonchev–Trinajstić information content (AvgIpc) is 2.72. The third-order valence-electron chi connectivity index (χ3n) is 4.67. The minimum absolute atomic E-state index is 0.0836. The van der Waals surface area contributed by atoms with E-state index in [0.29, 0.717) is 18.9 Å². The third-order valence-corrected chi connectivity index (χ3v) is 4.67. The second-order valence-electron chi connectivity index (χ2n) is 6.78. The first-order chi connectivity index (χ1) is 14.4. The van der Waals surface area contributed by atoms with Gasteiger partial charge in [-0.3, -0.25) is 9.78 Å². The fourth-order valence-corrected chi connectivity index (χ4v) is 3.12. The van der Waals surface area contributed by atoms with Crippen LogP contribution in [0.15, 0.2) is 64.3 Å². The molecule has 0 aliphatic heterocycles. The lowest BCUT2D eigenvalue weighted by Crippen LogP contribution is -2.34. The van der Waals surface area contributed by atoms with Gasteiger partial charge in [0.2, 0.25) is 5.95 Å². The van der Waals surface area contributed by atoms with Crippen molar-refractivity contribution in [2.45, 2.75) is 6.42 Å². The summed E-state index contributed by atoms with van der Waals surface area (Å²) in [6, 6.07) is 11.5. The van der Waals surface area contributed by atoms with E-state index < -0.39 is 17.1 Å². The zero-order valence-electron chi connectivity index (χ0n) is 16.0.